The second kappa shape index (κ2) is 16.9. The molecule has 3 saturated heterocycles. The Hall–Kier alpha value is -6.13. The molecule has 2 aromatic carbocycles. The van der Waals surface area contributed by atoms with Gasteiger partial charge in [-0.25, -0.2) is 4.98 Å². The maximum absolute atomic E-state index is 14.4. The molecule has 0 radical (unpaired) electrons. The number of aryl methyl sites for hydroxylation is 1. The standard InChI is InChI=1S/C47H53N9O6S/c1-26(2)41(46(61)56-24-32(57)18-37(56)44(59)50-47(4,5)31-12-10-28(11-13-31)42-27(3)49-25-63-42)39-20-40(53-62-39)54-16-14-29(15-17-54)45(60)55-22-30(23-55)35-21-48-43-34(35)19-36(51-52-43)33-8-6-7-9-38(33)58/h6-13,19-21,25-26,29-30,32,37,41,57-58H,14-18,22-24H2,1-5H3,(H,48,52)(H,50,59)/t32-,37+,41-/m1/s1. The Labute approximate surface area is 369 Å². The van der Waals surface area contributed by atoms with Crippen LogP contribution >= 0.6 is 11.3 Å². The van der Waals surface area contributed by atoms with Crippen molar-refractivity contribution in [3.05, 3.63) is 95.0 Å². The Morgan fingerprint density at radius 1 is 1.00 bits per heavy atom. The molecule has 0 unspecified atom stereocenters. The quantitative estimate of drug-likeness (QED) is 0.113. The number of hydrogen-bond donors (Lipinski definition) is 4. The van der Waals surface area contributed by atoms with E-state index < -0.39 is 23.6 Å². The van der Waals surface area contributed by atoms with Crippen LogP contribution in [0, 0.1) is 18.8 Å². The first-order chi connectivity index (χ1) is 30.3. The number of hydrogen-bond acceptors (Lipinski definition) is 12. The molecule has 3 aliphatic rings. The van der Waals surface area contributed by atoms with Gasteiger partial charge in [-0.2, -0.15) is 0 Å². The predicted octanol–water partition coefficient (Wildman–Crippen LogP) is 6.35. The van der Waals surface area contributed by atoms with E-state index in [1.807, 2.05) is 99.8 Å². The van der Waals surface area contributed by atoms with E-state index >= 15 is 0 Å². The molecule has 328 valence electrons. The number of aromatic nitrogens is 5. The summed E-state index contributed by atoms with van der Waals surface area (Å²) in [6.07, 6.45) is 2.56. The van der Waals surface area contributed by atoms with Gasteiger partial charge in [0.25, 0.3) is 0 Å². The molecular weight excluding hydrogens is 819 g/mol. The minimum atomic E-state index is -0.854. The third kappa shape index (κ3) is 8.17. The van der Waals surface area contributed by atoms with Gasteiger partial charge in [0.15, 0.2) is 17.2 Å². The number of phenols is 1. The fourth-order valence-corrected chi connectivity index (χ4v) is 10.3. The molecule has 3 fully saturated rings. The number of nitrogens with zero attached hydrogens (tertiary/aromatic N) is 7. The number of para-hydroxylation sites is 1. The highest BCUT2D eigenvalue weighted by atomic mass is 32.1. The average Bonchev–Trinajstić information content (AvgIpc) is 4.08. The maximum Gasteiger partial charge on any atom is 0.243 e. The molecule has 3 amide bonds. The van der Waals surface area contributed by atoms with Gasteiger partial charge in [-0.1, -0.05) is 55.4 Å². The summed E-state index contributed by atoms with van der Waals surface area (Å²) in [4.78, 5) is 56.2. The Balaban J connectivity index is 0.803. The van der Waals surface area contributed by atoms with Crippen LogP contribution in [-0.2, 0) is 19.9 Å². The van der Waals surface area contributed by atoms with Crippen molar-refractivity contribution in [1.82, 2.24) is 40.4 Å². The Morgan fingerprint density at radius 2 is 1.75 bits per heavy atom. The summed E-state index contributed by atoms with van der Waals surface area (Å²) in [5.41, 5.74) is 6.98. The van der Waals surface area contributed by atoms with Crippen LogP contribution in [0.1, 0.15) is 81.4 Å². The summed E-state index contributed by atoms with van der Waals surface area (Å²) in [5.74, 6) is -0.154. The SMILES string of the molecule is Cc1ncsc1-c1ccc(C(C)(C)NC(=O)[C@@H]2C[C@@H](O)CN2C(=O)[C@@H](c2cc(N3CCC(C(=O)N4CC(c5c[nH]c6nnc(-c7ccccc7O)cc56)C4)CC3)no2)C(C)C)cc1. The third-order valence-corrected chi connectivity index (χ3v) is 14.1. The van der Waals surface area contributed by atoms with Gasteiger partial charge in [-0.3, -0.25) is 14.4 Å². The summed E-state index contributed by atoms with van der Waals surface area (Å²) < 4.78 is 5.88. The number of thiazole rings is 1. The minimum absolute atomic E-state index is 0.0425. The molecule has 9 rings (SSSR count). The number of phenolic OH excluding ortho intramolecular Hbond substituents is 1. The normalized spacial score (nSPS) is 19.2. The van der Waals surface area contributed by atoms with Gasteiger partial charge < -0.3 is 39.7 Å². The van der Waals surface area contributed by atoms with E-state index in [0.29, 0.717) is 67.5 Å². The van der Waals surface area contributed by atoms with E-state index in [-0.39, 0.29) is 54.2 Å². The number of amides is 3. The van der Waals surface area contributed by atoms with E-state index in [1.165, 1.54) is 4.90 Å². The number of aromatic amines is 1. The summed E-state index contributed by atoms with van der Waals surface area (Å²) in [7, 11) is 0. The molecule has 4 N–H and O–H groups in total. The van der Waals surface area contributed by atoms with Crippen molar-refractivity contribution < 1.29 is 29.1 Å². The molecule has 0 aliphatic carbocycles. The van der Waals surface area contributed by atoms with Crippen LogP contribution in [0.4, 0.5) is 5.82 Å². The van der Waals surface area contributed by atoms with Crippen molar-refractivity contribution in [3.63, 3.8) is 0 Å². The number of aromatic hydroxyl groups is 1. The molecule has 6 aromatic rings. The number of H-pyrrole nitrogens is 1. The number of likely N-dealkylation sites (tertiary alicyclic amines) is 2. The van der Waals surface area contributed by atoms with Gasteiger partial charge in [-0.05, 0) is 74.4 Å². The number of aliphatic hydroxyl groups is 1. The second-order valence-electron chi connectivity index (χ2n) is 18.1. The van der Waals surface area contributed by atoms with Crippen LogP contribution in [0.3, 0.4) is 0 Å². The van der Waals surface area contributed by atoms with E-state index in [4.69, 9.17) is 4.52 Å². The Morgan fingerprint density at radius 3 is 2.44 bits per heavy atom. The van der Waals surface area contributed by atoms with Crippen molar-refractivity contribution in [1.29, 1.82) is 0 Å². The van der Waals surface area contributed by atoms with Gasteiger partial charge in [-0.15, -0.1) is 21.5 Å². The lowest BCUT2D eigenvalue weighted by molar-refractivity contribution is -0.141. The first kappa shape index (κ1) is 42.2. The molecule has 0 bridgehead atoms. The molecule has 63 heavy (non-hydrogen) atoms. The van der Waals surface area contributed by atoms with Crippen LogP contribution in [0.25, 0.3) is 32.7 Å². The Kier molecular flexibility index (Phi) is 11.3. The van der Waals surface area contributed by atoms with Gasteiger partial charge >= 0.3 is 0 Å². The third-order valence-electron chi connectivity index (χ3n) is 13.1. The van der Waals surface area contributed by atoms with Crippen LogP contribution in [0.15, 0.2) is 76.9 Å². The first-order valence-electron chi connectivity index (χ1n) is 21.7. The van der Waals surface area contributed by atoms with Crippen molar-refractivity contribution in [3.8, 4) is 27.4 Å². The largest absolute Gasteiger partial charge is 0.507 e. The number of aliphatic hydroxyl groups excluding tert-OH is 1. The number of benzene rings is 2. The summed E-state index contributed by atoms with van der Waals surface area (Å²) in [6.45, 7) is 12.2. The van der Waals surface area contributed by atoms with Crippen molar-refractivity contribution in [2.45, 2.75) is 83.4 Å². The molecule has 0 spiro atoms. The monoisotopic (exact) mass is 871 g/mol. The molecule has 4 aromatic heterocycles. The van der Waals surface area contributed by atoms with Crippen LogP contribution in [0.2, 0.25) is 0 Å². The number of anilines is 1. The first-order valence-corrected chi connectivity index (χ1v) is 22.6. The van der Waals surface area contributed by atoms with E-state index in [1.54, 1.807) is 23.5 Å². The highest BCUT2D eigenvalue weighted by Crippen LogP contribution is 2.38. The average molecular weight is 872 g/mol. The Bertz CT molecular complexity index is 2640. The van der Waals surface area contributed by atoms with E-state index in [2.05, 4.69) is 35.5 Å². The molecular formula is C47H53N9O6S. The molecule has 7 heterocycles. The fraction of sp³-hybridized carbons (Fsp3) is 0.426. The summed E-state index contributed by atoms with van der Waals surface area (Å²) in [6, 6.07) is 18.0. The molecule has 15 nitrogen and oxygen atoms in total. The van der Waals surface area contributed by atoms with Crippen LogP contribution < -0.4 is 10.2 Å². The number of β-amino-alcohol motifs (C(OH)–C–C–N with tert-alkyl or cyclic N) is 1. The van der Waals surface area contributed by atoms with Crippen LogP contribution in [0.5, 0.6) is 5.75 Å². The number of piperidine rings is 1. The molecule has 3 atom stereocenters. The number of carbonyl (C=O) groups is 3. The molecule has 16 heteroatoms. The topological polar surface area (TPSA) is 194 Å². The van der Waals surface area contributed by atoms with E-state index in [9.17, 15) is 24.6 Å². The van der Waals surface area contributed by atoms with Gasteiger partial charge in [0.05, 0.1) is 33.4 Å². The second-order valence-corrected chi connectivity index (χ2v) is 19.0. The van der Waals surface area contributed by atoms with E-state index in [0.717, 1.165) is 32.6 Å². The zero-order valence-corrected chi connectivity index (χ0v) is 36.9. The lowest BCUT2D eigenvalue weighted by Gasteiger charge is -2.42. The molecule has 3 aliphatic heterocycles. The van der Waals surface area contributed by atoms with Crippen LogP contribution in [-0.4, -0.2) is 108 Å². The number of nitrogens with one attached hydrogen (secondary N) is 2. The van der Waals surface area contributed by atoms with Gasteiger partial charge in [0, 0.05) is 74.2 Å². The summed E-state index contributed by atoms with van der Waals surface area (Å²) in [5, 5.41) is 38.3. The number of fused-ring (bicyclic) bond motifs is 1. The number of carbonyl (C=O) groups excluding carboxylic acids is 3. The zero-order valence-electron chi connectivity index (χ0n) is 36.1. The van der Waals surface area contributed by atoms with Crippen molar-refractivity contribution in [2.75, 3.05) is 37.6 Å². The van der Waals surface area contributed by atoms with Crippen molar-refractivity contribution >= 4 is 45.9 Å². The highest BCUT2D eigenvalue weighted by molar-refractivity contribution is 7.13. The highest BCUT2D eigenvalue weighted by Gasteiger charge is 2.45. The minimum Gasteiger partial charge on any atom is -0.507 e. The summed E-state index contributed by atoms with van der Waals surface area (Å²) >= 11 is 1.59. The number of rotatable bonds is 11. The lowest BCUT2D eigenvalue weighted by Crippen LogP contribution is -2.52. The zero-order chi connectivity index (χ0) is 44.2. The maximum atomic E-state index is 14.4. The van der Waals surface area contributed by atoms with Crippen molar-refractivity contribution in [2.24, 2.45) is 11.8 Å². The lowest BCUT2D eigenvalue weighted by atomic mass is 9.88. The smallest absolute Gasteiger partial charge is 0.243 e. The van der Waals surface area contributed by atoms with Gasteiger partial charge in [0.2, 0.25) is 17.7 Å². The fourth-order valence-electron chi connectivity index (χ4n) is 9.45. The van der Waals surface area contributed by atoms with Gasteiger partial charge in [0.1, 0.15) is 17.7 Å². The predicted molar refractivity (Wildman–Crippen MR) is 239 cm³/mol. The molecule has 0 saturated carbocycles.